The van der Waals surface area contributed by atoms with E-state index in [9.17, 15) is 0 Å². The van der Waals surface area contributed by atoms with Crippen molar-refractivity contribution in [2.45, 2.75) is 77.1 Å². The molecule has 0 amide bonds. The summed E-state index contributed by atoms with van der Waals surface area (Å²) in [6, 6.07) is 53.9. The smallest absolute Gasteiger partial charge is 0.121 e. The number of benzene rings is 7. The van der Waals surface area contributed by atoms with Gasteiger partial charge in [-0.2, -0.15) is 0 Å². The molecular weight excluding hydrogens is 1010 g/mol. The Morgan fingerprint density at radius 1 is 0.651 bits per heavy atom. The van der Waals surface area contributed by atoms with Crippen molar-refractivity contribution in [1.82, 2.24) is 14.5 Å². The SMILES string of the molecule is CC(C)Cc1cc(-c2[c-]cccc2)nc[c]1[Ge]([CH3])([CH3])[CH3].CC(C)c1cccc(C(C)C)c1-n1c(-c2[c-]ccc3c2oc2cc4ccc5ccccc5c4cc23)nc2ccccc21.[Ir]. The van der Waals surface area contributed by atoms with Gasteiger partial charge in [0, 0.05) is 31.2 Å². The van der Waals surface area contributed by atoms with E-state index in [1.807, 2.05) is 24.3 Å². The Balaban J connectivity index is 0.000000219. The monoisotopic (exact) mass is 1060 g/mol. The van der Waals surface area contributed by atoms with Crippen LogP contribution in [-0.2, 0) is 26.5 Å². The first-order chi connectivity index (χ1) is 29.9. The second-order valence-corrected chi connectivity index (χ2v) is 29.3. The van der Waals surface area contributed by atoms with E-state index in [4.69, 9.17) is 14.4 Å². The van der Waals surface area contributed by atoms with Crippen LogP contribution in [0.15, 0.2) is 144 Å². The summed E-state index contributed by atoms with van der Waals surface area (Å²) in [5, 5.41) is 7.08. The van der Waals surface area contributed by atoms with Gasteiger partial charge in [-0.15, -0.1) is 18.2 Å². The molecule has 0 saturated carbocycles. The van der Waals surface area contributed by atoms with Gasteiger partial charge in [0.2, 0.25) is 0 Å². The van der Waals surface area contributed by atoms with Gasteiger partial charge in [0.1, 0.15) is 5.58 Å². The molecule has 3 heterocycles. The molecule has 0 bridgehead atoms. The average molecular weight is 1060 g/mol. The van der Waals surface area contributed by atoms with Gasteiger partial charge in [0.15, 0.2) is 0 Å². The van der Waals surface area contributed by atoms with E-state index in [-0.39, 0.29) is 20.1 Å². The van der Waals surface area contributed by atoms with Crippen LogP contribution < -0.4 is 4.40 Å². The summed E-state index contributed by atoms with van der Waals surface area (Å²) >= 11 is -1.86. The van der Waals surface area contributed by atoms with Crippen molar-refractivity contribution in [1.29, 1.82) is 0 Å². The maximum absolute atomic E-state index is 6.72. The number of fused-ring (bicyclic) bond motifs is 7. The Kier molecular flexibility index (Phi) is 12.7. The molecule has 0 N–H and O–H groups in total. The van der Waals surface area contributed by atoms with E-state index in [0.29, 0.717) is 17.8 Å². The van der Waals surface area contributed by atoms with E-state index in [1.54, 1.807) is 4.40 Å². The average Bonchev–Trinajstić information content (AvgIpc) is 3.83. The zero-order chi connectivity index (χ0) is 43.3. The van der Waals surface area contributed by atoms with Crippen LogP contribution >= 0.6 is 0 Å². The maximum Gasteiger partial charge on any atom is 0.121 e. The summed E-state index contributed by atoms with van der Waals surface area (Å²) in [5.41, 5.74) is 12.1. The Bertz CT molecular complexity index is 3220. The summed E-state index contributed by atoms with van der Waals surface area (Å²) in [7, 11) is 0. The molecule has 6 heteroatoms. The molecule has 0 aliphatic heterocycles. The number of aromatic nitrogens is 3. The number of hydrogen-bond acceptors (Lipinski definition) is 3. The zero-order valence-corrected chi connectivity index (χ0v) is 42.3. The van der Waals surface area contributed by atoms with Crippen LogP contribution in [0.1, 0.15) is 70.1 Å². The Morgan fingerprint density at radius 3 is 2.08 bits per heavy atom. The maximum atomic E-state index is 6.72. The van der Waals surface area contributed by atoms with E-state index < -0.39 is 13.3 Å². The van der Waals surface area contributed by atoms with Crippen LogP contribution in [0.25, 0.3) is 82.8 Å². The van der Waals surface area contributed by atoms with Gasteiger partial charge in [0.05, 0.1) is 22.4 Å². The second kappa shape index (κ2) is 18.0. The number of nitrogens with zero attached hydrogens (tertiary/aromatic N) is 3. The summed E-state index contributed by atoms with van der Waals surface area (Å²) in [6.45, 7) is 13.6. The number of imidazole rings is 1. The van der Waals surface area contributed by atoms with Crippen LogP contribution in [0, 0.1) is 18.1 Å². The number of rotatable bonds is 8. The number of pyridine rings is 1. The molecule has 10 aromatic rings. The largest absolute Gasteiger partial charge is 0.501 e. The Hall–Kier alpha value is -5.33. The fourth-order valence-electron chi connectivity index (χ4n) is 9.08. The first-order valence-corrected chi connectivity index (χ1v) is 29.5. The third-order valence-electron chi connectivity index (χ3n) is 12.1. The molecule has 1 radical (unpaired) electrons. The molecule has 0 saturated heterocycles. The van der Waals surface area contributed by atoms with Crippen molar-refractivity contribution in [3.05, 3.63) is 168 Å². The zero-order valence-electron chi connectivity index (χ0n) is 37.8. The van der Waals surface area contributed by atoms with E-state index in [0.717, 1.165) is 62.0 Å². The van der Waals surface area contributed by atoms with Crippen molar-refractivity contribution >= 4 is 72.2 Å². The molecule has 319 valence electrons. The van der Waals surface area contributed by atoms with Gasteiger partial charge in [0.25, 0.3) is 0 Å². The van der Waals surface area contributed by atoms with Crippen LogP contribution in [0.4, 0.5) is 0 Å². The van der Waals surface area contributed by atoms with Crippen molar-refractivity contribution in [2.24, 2.45) is 5.92 Å². The minimum absolute atomic E-state index is 0. The molecule has 0 aliphatic carbocycles. The van der Waals surface area contributed by atoms with Crippen molar-refractivity contribution < 1.29 is 24.5 Å². The molecule has 0 atom stereocenters. The van der Waals surface area contributed by atoms with Crippen molar-refractivity contribution in [2.75, 3.05) is 0 Å². The third-order valence-corrected chi connectivity index (χ3v) is 16.4. The first kappa shape index (κ1) is 44.3. The van der Waals surface area contributed by atoms with Gasteiger partial charge in [-0.25, -0.2) is 0 Å². The van der Waals surface area contributed by atoms with Crippen LogP contribution in [-0.4, -0.2) is 27.8 Å². The molecule has 0 aliphatic rings. The number of hydrogen-bond donors (Lipinski definition) is 0. The summed E-state index contributed by atoms with van der Waals surface area (Å²) in [6.07, 6.45) is 3.27. The Labute approximate surface area is 388 Å². The normalized spacial score (nSPS) is 11.9. The van der Waals surface area contributed by atoms with Crippen molar-refractivity contribution in [3.8, 4) is 28.3 Å². The molecule has 4 nitrogen and oxygen atoms in total. The second-order valence-electron chi connectivity index (χ2n) is 18.8. The topological polar surface area (TPSA) is 43.9 Å². The van der Waals surface area contributed by atoms with Crippen LogP contribution in [0.3, 0.4) is 0 Å². The molecule has 3 aromatic heterocycles. The number of furan rings is 1. The van der Waals surface area contributed by atoms with Gasteiger partial charge in [-0.05, 0) is 68.8 Å². The molecule has 63 heavy (non-hydrogen) atoms. The molecule has 7 aromatic carbocycles. The van der Waals surface area contributed by atoms with Gasteiger partial charge < -0.3 is 8.98 Å². The van der Waals surface area contributed by atoms with Gasteiger partial charge in [-0.1, -0.05) is 105 Å². The van der Waals surface area contributed by atoms with E-state index in [1.165, 1.54) is 43.9 Å². The predicted octanol–water partition coefficient (Wildman–Crippen LogP) is 15.2. The quantitative estimate of drug-likeness (QED) is 0.0865. The number of para-hydroxylation sites is 3. The third kappa shape index (κ3) is 8.56. The summed E-state index contributed by atoms with van der Waals surface area (Å²) in [5.74, 6) is 9.54. The van der Waals surface area contributed by atoms with E-state index in [2.05, 4.69) is 191 Å². The molecule has 0 unspecified atom stereocenters. The Morgan fingerprint density at radius 2 is 1.37 bits per heavy atom. The minimum Gasteiger partial charge on any atom is -0.501 e. The van der Waals surface area contributed by atoms with Crippen LogP contribution in [0.2, 0.25) is 17.3 Å². The molecule has 10 rings (SSSR count). The standard InChI is InChI=1S/C39H31N2O.C18H24GeN.Ir/c1-23(2)27-13-9-14-28(24(3)4)37(27)41-35-18-8-7-17-34(35)40-39(41)31-16-10-15-30-33-22-32-26(21-36(33)42-38(30)31)20-19-25-11-5-6-12-29(25)32;1-14(2)11-16-12-18(15-9-7-6-8-10-15)20-13-17(16)19(3,4)5;/h5-15,17-24H,1-4H3;6-9,12-14H,11H2,1-5H3;/q2*-1;. The molecule has 0 spiro atoms. The van der Waals surface area contributed by atoms with Gasteiger partial charge in [-0.3, -0.25) is 4.98 Å². The van der Waals surface area contributed by atoms with Crippen LogP contribution in [0.5, 0.6) is 0 Å². The fraction of sp³-hybridized carbons (Fsp3) is 0.228. The summed E-state index contributed by atoms with van der Waals surface area (Å²) in [4.78, 5) is 9.95. The van der Waals surface area contributed by atoms with Gasteiger partial charge >= 0.3 is 126 Å². The minimum atomic E-state index is -1.86. The fourth-order valence-corrected chi connectivity index (χ4v) is 12.4. The predicted molar refractivity (Wildman–Crippen MR) is 266 cm³/mol. The summed E-state index contributed by atoms with van der Waals surface area (Å²) < 4.78 is 10.6. The molecular formula is C57H55GeIrN3O-2. The molecule has 0 fully saturated rings. The first-order valence-electron chi connectivity index (χ1n) is 22.1. The van der Waals surface area contributed by atoms with E-state index >= 15 is 0 Å². The van der Waals surface area contributed by atoms with Crippen molar-refractivity contribution in [3.63, 3.8) is 0 Å².